The molecule has 0 unspecified atom stereocenters. The van der Waals surface area contributed by atoms with Gasteiger partial charge < -0.3 is 9.47 Å². The van der Waals surface area contributed by atoms with Gasteiger partial charge in [-0.15, -0.1) is 0 Å². The molecule has 0 aliphatic carbocycles. The number of benzene rings is 1. The van der Waals surface area contributed by atoms with E-state index in [2.05, 4.69) is 50.7 Å². The Balaban J connectivity index is 1.98. The quantitative estimate of drug-likeness (QED) is 0.552. The summed E-state index contributed by atoms with van der Waals surface area (Å²) in [6, 6.07) is 8.23. The van der Waals surface area contributed by atoms with Crippen LogP contribution in [0.5, 0.6) is 0 Å². The maximum Gasteiger partial charge on any atom is 0.0819 e. The third-order valence-electron chi connectivity index (χ3n) is 3.14. The Labute approximate surface area is 124 Å². The fourth-order valence-corrected chi connectivity index (χ4v) is 3.29. The molecule has 1 saturated heterocycles. The minimum atomic E-state index is 0.00803. The van der Waals surface area contributed by atoms with Crippen molar-refractivity contribution >= 4 is 38.5 Å². The average Bonchev–Trinajstić information content (AvgIpc) is 2.39. The smallest absolute Gasteiger partial charge is 0.0819 e. The van der Waals surface area contributed by atoms with E-state index in [0.29, 0.717) is 6.61 Å². The second-order valence-electron chi connectivity index (χ2n) is 4.31. The normalized spacial score (nSPS) is 19.2. The van der Waals surface area contributed by atoms with Crippen molar-refractivity contribution in [3.63, 3.8) is 0 Å². The van der Waals surface area contributed by atoms with Crippen LogP contribution in [0.3, 0.4) is 0 Å². The zero-order valence-electron chi connectivity index (χ0n) is 9.62. The highest BCUT2D eigenvalue weighted by Crippen LogP contribution is 2.29. The highest BCUT2D eigenvalue weighted by atomic mass is 127. The fourth-order valence-electron chi connectivity index (χ4n) is 1.91. The number of halogens is 2. The summed E-state index contributed by atoms with van der Waals surface area (Å²) in [6.45, 7) is 2.31. The molecule has 4 heteroatoms. The van der Waals surface area contributed by atoms with E-state index in [1.807, 2.05) is 12.1 Å². The molecule has 1 aliphatic heterocycles. The predicted molar refractivity (Wildman–Crippen MR) is 80.6 cm³/mol. The van der Waals surface area contributed by atoms with Gasteiger partial charge in [-0.05, 0) is 11.6 Å². The van der Waals surface area contributed by atoms with Crippen LogP contribution in [-0.2, 0) is 16.1 Å². The summed E-state index contributed by atoms with van der Waals surface area (Å²) in [7, 11) is 0. The number of ether oxygens (including phenoxy) is 2. The van der Waals surface area contributed by atoms with Gasteiger partial charge in [0.2, 0.25) is 0 Å². The van der Waals surface area contributed by atoms with Crippen LogP contribution < -0.4 is 0 Å². The minimum absolute atomic E-state index is 0.00803. The molecule has 0 atom stereocenters. The van der Waals surface area contributed by atoms with Crippen LogP contribution in [-0.4, -0.2) is 23.2 Å². The van der Waals surface area contributed by atoms with Crippen molar-refractivity contribution < 1.29 is 9.47 Å². The lowest BCUT2D eigenvalue weighted by Gasteiger charge is -2.35. The molecule has 0 radical (unpaired) electrons. The first-order chi connectivity index (χ1) is 8.26. The molecule has 0 spiro atoms. The Morgan fingerprint density at radius 1 is 1.29 bits per heavy atom. The largest absolute Gasteiger partial charge is 0.381 e. The van der Waals surface area contributed by atoms with Crippen LogP contribution in [0, 0.1) is 0 Å². The molecule has 0 amide bonds. The maximum atomic E-state index is 6.17. The maximum absolute atomic E-state index is 6.17. The molecular formula is C13H16BrIO2. The van der Waals surface area contributed by atoms with Crippen molar-refractivity contribution in [3.05, 3.63) is 34.3 Å². The van der Waals surface area contributed by atoms with Gasteiger partial charge in [-0.3, -0.25) is 0 Å². The molecule has 0 bridgehead atoms. The second kappa shape index (κ2) is 6.50. The molecule has 2 rings (SSSR count). The highest BCUT2D eigenvalue weighted by Gasteiger charge is 2.32. The Morgan fingerprint density at radius 2 is 2.00 bits per heavy atom. The van der Waals surface area contributed by atoms with Crippen LogP contribution in [0.4, 0.5) is 0 Å². The first-order valence-electron chi connectivity index (χ1n) is 5.77. The molecule has 1 heterocycles. The summed E-state index contributed by atoms with van der Waals surface area (Å²) < 4.78 is 13.7. The van der Waals surface area contributed by atoms with E-state index in [0.717, 1.165) is 35.0 Å². The van der Waals surface area contributed by atoms with Crippen LogP contribution in [0.2, 0.25) is 0 Å². The van der Waals surface area contributed by atoms with Gasteiger partial charge in [0.25, 0.3) is 0 Å². The van der Waals surface area contributed by atoms with Gasteiger partial charge in [0, 0.05) is 35.0 Å². The molecule has 0 saturated carbocycles. The van der Waals surface area contributed by atoms with E-state index in [4.69, 9.17) is 9.47 Å². The zero-order valence-corrected chi connectivity index (χ0v) is 13.4. The Kier molecular flexibility index (Phi) is 5.26. The van der Waals surface area contributed by atoms with Crippen LogP contribution in [0.15, 0.2) is 28.7 Å². The lowest BCUT2D eigenvalue weighted by Crippen LogP contribution is -2.40. The summed E-state index contributed by atoms with van der Waals surface area (Å²) in [5, 5.41) is 0. The third kappa shape index (κ3) is 3.66. The monoisotopic (exact) mass is 410 g/mol. The average molecular weight is 411 g/mol. The van der Waals surface area contributed by atoms with Crippen LogP contribution >= 0.6 is 38.5 Å². The molecular weight excluding hydrogens is 395 g/mol. The van der Waals surface area contributed by atoms with Gasteiger partial charge in [0.15, 0.2) is 0 Å². The van der Waals surface area contributed by atoms with Gasteiger partial charge in [0.1, 0.15) is 0 Å². The Bertz CT molecular complexity index is 364. The van der Waals surface area contributed by atoms with Gasteiger partial charge in [-0.1, -0.05) is 56.7 Å². The standard InChI is InChI=1S/C13H16BrIO2/c14-12-4-2-1-3-11(12)9-17-13(10-15)5-7-16-8-6-13/h1-4H,5-10H2. The molecule has 1 aromatic carbocycles. The second-order valence-corrected chi connectivity index (χ2v) is 5.93. The lowest BCUT2D eigenvalue weighted by atomic mass is 9.96. The van der Waals surface area contributed by atoms with Crippen molar-refractivity contribution in [3.8, 4) is 0 Å². The summed E-state index contributed by atoms with van der Waals surface area (Å²) in [4.78, 5) is 0. The van der Waals surface area contributed by atoms with Gasteiger partial charge in [-0.25, -0.2) is 0 Å². The Morgan fingerprint density at radius 3 is 2.65 bits per heavy atom. The molecule has 0 N–H and O–H groups in total. The number of rotatable bonds is 4. The van der Waals surface area contributed by atoms with E-state index < -0.39 is 0 Å². The molecule has 1 fully saturated rings. The van der Waals surface area contributed by atoms with E-state index in [1.54, 1.807) is 0 Å². The van der Waals surface area contributed by atoms with Crippen molar-refractivity contribution in [2.24, 2.45) is 0 Å². The highest BCUT2D eigenvalue weighted by molar-refractivity contribution is 14.1. The van der Waals surface area contributed by atoms with Crippen LogP contribution in [0.1, 0.15) is 18.4 Å². The first-order valence-corrected chi connectivity index (χ1v) is 8.09. The molecule has 2 nitrogen and oxygen atoms in total. The minimum Gasteiger partial charge on any atom is -0.381 e. The lowest BCUT2D eigenvalue weighted by molar-refractivity contribution is -0.102. The van der Waals surface area contributed by atoms with Crippen molar-refractivity contribution in [1.29, 1.82) is 0 Å². The molecule has 0 aromatic heterocycles. The summed E-state index contributed by atoms with van der Waals surface area (Å²) >= 11 is 5.97. The number of alkyl halides is 1. The van der Waals surface area contributed by atoms with Gasteiger partial charge in [0.05, 0.1) is 12.2 Å². The fraction of sp³-hybridized carbons (Fsp3) is 0.538. The van der Waals surface area contributed by atoms with E-state index >= 15 is 0 Å². The van der Waals surface area contributed by atoms with Gasteiger partial charge in [-0.2, -0.15) is 0 Å². The molecule has 17 heavy (non-hydrogen) atoms. The SMILES string of the molecule is Brc1ccccc1COC1(CI)CCOCC1. The summed E-state index contributed by atoms with van der Waals surface area (Å²) in [5.41, 5.74) is 1.22. The topological polar surface area (TPSA) is 18.5 Å². The number of hydrogen-bond donors (Lipinski definition) is 0. The van der Waals surface area contributed by atoms with Gasteiger partial charge >= 0.3 is 0 Å². The van der Waals surface area contributed by atoms with Crippen molar-refractivity contribution in [2.75, 3.05) is 17.6 Å². The van der Waals surface area contributed by atoms with E-state index in [-0.39, 0.29) is 5.60 Å². The molecule has 1 aromatic rings. The van der Waals surface area contributed by atoms with E-state index in [9.17, 15) is 0 Å². The van der Waals surface area contributed by atoms with E-state index in [1.165, 1.54) is 5.56 Å². The summed E-state index contributed by atoms with van der Waals surface area (Å²) in [5.74, 6) is 0. The molecule has 94 valence electrons. The first kappa shape index (κ1) is 13.8. The predicted octanol–water partition coefficient (Wildman–Crippen LogP) is 3.95. The number of hydrogen-bond acceptors (Lipinski definition) is 2. The van der Waals surface area contributed by atoms with Crippen LogP contribution in [0.25, 0.3) is 0 Å². The summed E-state index contributed by atoms with van der Waals surface area (Å²) in [6.07, 6.45) is 2.00. The van der Waals surface area contributed by atoms with Crippen molar-refractivity contribution in [2.45, 2.75) is 25.0 Å². The van der Waals surface area contributed by atoms with Crippen molar-refractivity contribution in [1.82, 2.24) is 0 Å². The Hall–Kier alpha value is 0.350. The molecule has 1 aliphatic rings. The third-order valence-corrected chi connectivity index (χ3v) is 5.30. The zero-order chi connectivity index (χ0) is 12.1.